The minimum atomic E-state index is -0.675. The number of Topliss-reactive ketones (excluding diaryl/α,β-unsaturated/α-hetero) is 1. The maximum Gasteiger partial charge on any atom is 0.269 e. The van der Waals surface area contributed by atoms with Crippen molar-refractivity contribution < 1.29 is 99.0 Å². The number of halogens is 1. The number of aliphatic hydroxyl groups excluding tert-OH is 1. The molecule has 0 saturated heterocycles. The fourth-order valence-corrected chi connectivity index (χ4v) is 20.5. The Morgan fingerprint density at radius 1 is 0.397 bits per heavy atom. The number of carbonyl (C=O) groups excluding carboxylic acids is 7. The molecule has 5 saturated carbocycles. The number of aliphatic hydroxyl groups is 1. The summed E-state index contributed by atoms with van der Waals surface area (Å²) in [6.45, 7) is 16.9. The Labute approximate surface area is 851 Å². The van der Waals surface area contributed by atoms with Gasteiger partial charge in [-0.25, -0.2) is 4.39 Å². The second kappa shape index (κ2) is 37.8. The van der Waals surface area contributed by atoms with Gasteiger partial charge in [-0.1, -0.05) is 90.9 Å². The highest BCUT2D eigenvalue weighted by Crippen LogP contribution is 2.57. The molecule has 5 fully saturated rings. The molecule has 25 rings (SSSR count). The van der Waals surface area contributed by atoms with Crippen LogP contribution in [0.25, 0.3) is 54.5 Å². The number of aromatic amines is 3. The Balaban J connectivity index is 0.000000141. The monoisotopic (exact) mass is 1980 g/mol. The van der Waals surface area contributed by atoms with Gasteiger partial charge in [-0.3, -0.25) is 33.6 Å². The van der Waals surface area contributed by atoms with Crippen molar-refractivity contribution in [3.63, 3.8) is 0 Å². The van der Waals surface area contributed by atoms with Gasteiger partial charge in [0.15, 0.2) is 57.5 Å². The standard InChI is InChI=1S/C27H31N3O4.C26H29FN2O4.C22H21N3O4.C21H20N2O3.C20H17NO3.6H2/c1-26(2,3)23-13-17-12-19(7-8-20(17)30(23)15-24(31)29(4)5)28-25(32)27(10-11-27)18-6-9-21-22(14-18)34-16-33-21;1-25(2,3)23-12-16-11-19(18(27)14-20(16)29(23)9-4-10-30)28-24(31)26(7-8-26)17-5-6-21-22(13-17)33-15-32-21;1-25(2)20(26)17-10-13-9-15(4-5-16(13)24-17)23-21(27)22(7-8-22)14-3-6-18-19(11-14)29-12-28-18;1-2-13-9-14-5-8-22-16(14)11-17(13)23-20(24)21(6-7-21)15-3-4-18-19(10-15)26-12-25-18;22-19(10-13-1-2-14-5-8-21-16(14)9-13)20(6-7-20)15-3-4-17-18(11-15)24-12-23-17;;;;;;/h6-9,12-14H,10-11,15-16H2,1-5H3,(H,28,32);5-6,11-14,30H,4,7-10,15H2,1-3H3,(H,28,31);3-6,9-11,24H,7-8,12H2,1-2H3,(H,23,27);3-5,8-11,22H,2,6-7,12H2,1H3,(H,23,24);1-5,8-9,11,21H,6-7,10,12H2;6*1H. The van der Waals surface area contributed by atoms with E-state index in [0.29, 0.717) is 72.4 Å². The van der Waals surface area contributed by atoms with Crippen molar-refractivity contribution in [2.45, 2.75) is 183 Å². The molecule has 764 valence electrons. The average molecular weight is 1990 g/mol. The van der Waals surface area contributed by atoms with Crippen LogP contribution in [0.2, 0.25) is 0 Å². The van der Waals surface area contributed by atoms with E-state index in [9.17, 15) is 38.7 Å². The third-order valence-electron chi connectivity index (χ3n) is 29.8. The average Bonchev–Trinajstić information content (AvgIpc) is 1.60. The van der Waals surface area contributed by atoms with Crippen molar-refractivity contribution >= 4 is 118 Å². The number of carbonyl (C=O) groups is 7. The summed E-state index contributed by atoms with van der Waals surface area (Å²) in [6.07, 6.45) is 13.9. The number of ether oxygens (including phenoxy) is 10. The first kappa shape index (κ1) is 96.4. The number of rotatable bonds is 23. The normalized spacial score (nSPS) is 16.3. The van der Waals surface area contributed by atoms with Gasteiger partial charge in [-0.15, -0.1) is 0 Å². The maximum atomic E-state index is 15.2. The predicted molar refractivity (Wildman–Crippen MR) is 567 cm³/mol. The number of likely N-dealkylation sites (N-methyl/N-ethyl adjacent to an activating group) is 1. The van der Waals surface area contributed by atoms with Crippen molar-refractivity contribution in [3.05, 3.63) is 274 Å². The number of amides is 6. The molecule has 0 spiro atoms. The zero-order chi connectivity index (χ0) is 102. The van der Waals surface area contributed by atoms with Crippen LogP contribution in [-0.2, 0) is 92.6 Å². The topological polar surface area (TPSA) is 344 Å². The van der Waals surface area contributed by atoms with E-state index in [1.165, 1.54) is 16.4 Å². The van der Waals surface area contributed by atoms with E-state index in [1.54, 1.807) is 45.2 Å². The van der Waals surface area contributed by atoms with Gasteiger partial charge < -0.3 is 108 Å². The molecule has 30 heteroatoms. The van der Waals surface area contributed by atoms with Gasteiger partial charge >= 0.3 is 0 Å². The van der Waals surface area contributed by atoms with Crippen molar-refractivity contribution in [1.82, 2.24) is 33.9 Å². The summed E-state index contributed by atoms with van der Waals surface area (Å²) in [5.74, 6) is 6.67. The van der Waals surface area contributed by atoms with Crippen molar-refractivity contribution in [3.8, 4) is 57.5 Å². The van der Waals surface area contributed by atoms with Crippen LogP contribution >= 0.6 is 0 Å². The third-order valence-corrected chi connectivity index (χ3v) is 29.8. The van der Waals surface area contributed by atoms with E-state index in [-0.39, 0.29) is 119 Å². The summed E-state index contributed by atoms with van der Waals surface area (Å²) in [5.41, 5.74) is 14.1. The number of fused-ring (bicyclic) bond motifs is 10. The molecule has 5 aliphatic heterocycles. The molecule has 0 radical (unpaired) electrons. The fraction of sp³-hybridized carbons (Fsp3) is 0.336. The molecule has 6 amide bonds. The highest BCUT2D eigenvalue weighted by molar-refractivity contribution is 6.07. The maximum absolute atomic E-state index is 15.2. The lowest BCUT2D eigenvalue weighted by Crippen LogP contribution is -2.28. The van der Waals surface area contributed by atoms with Gasteiger partial charge in [0.05, 0.1) is 38.3 Å². The van der Waals surface area contributed by atoms with E-state index in [1.807, 2.05) is 164 Å². The van der Waals surface area contributed by atoms with E-state index < -0.39 is 27.5 Å². The van der Waals surface area contributed by atoms with Crippen LogP contribution in [-0.4, -0.2) is 149 Å². The summed E-state index contributed by atoms with van der Waals surface area (Å²) in [6, 6.07) is 63.9. The number of nitrogens with zero attached hydrogens (tertiary/aromatic N) is 4. The number of aryl methyl sites for hydroxylation is 2. The predicted octanol–water partition coefficient (Wildman–Crippen LogP) is 21.9. The second-order valence-corrected chi connectivity index (χ2v) is 42.0. The number of hydrogen-bond donors (Lipinski definition) is 8. The van der Waals surface area contributed by atoms with Crippen LogP contribution in [0.1, 0.15) is 188 Å². The van der Waals surface area contributed by atoms with Crippen LogP contribution in [0, 0.1) is 5.82 Å². The number of aromatic nitrogens is 5. The van der Waals surface area contributed by atoms with E-state index >= 15 is 4.39 Å². The minimum absolute atomic E-state index is 0. The quantitative estimate of drug-likeness (QED) is 0.0295. The van der Waals surface area contributed by atoms with Gasteiger partial charge in [0.25, 0.3) is 5.91 Å². The zero-order valence-electron chi connectivity index (χ0n) is 83.6. The lowest BCUT2D eigenvalue weighted by Gasteiger charge is -2.23. The Morgan fingerprint density at radius 3 is 1.26 bits per heavy atom. The first-order chi connectivity index (χ1) is 70.2. The molecule has 10 aliphatic rings. The van der Waals surface area contributed by atoms with E-state index in [2.05, 4.69) is 124 Å². The molecular formula is C116H130FN11O18. The van der Waals surface area contributed by atoms with Gasteiger partial charge in [0.1, 0.15) is 23.8 Å². The summed E-state index contributed by atoms with van der Waals surface area (Å²) in [7, 11) is 6.97. The molecular weight excluding hydrogens is 1850 g/mol. The second-order valence-electron chi connectivity index (χ2n) is 42.0. The van der Waals surface area contributed by atoms with Gasteiger partial charge in [0.2, 0.25) is 63.5 Å². The Hall–Kier alpha value is -15.7. The minimum Gasteiger partial charge on any atom is -0.454 e. The van der Waals surface area contributed by atoms with E-state index in [4.69, 9.17) is 47.4 Å². The lowest BCUT2D eigenvalue weighted by atomic mass is 9.87. The molecule has 0 atom stereocenters. The van der Waals surface area contributed by atoms with Crippen LogP contribution in [0.15, 0.2) is 213 Å². The van der Waals surface area contributed by atoms with Crippen molar-refractivity contribution in [2.75, 3.05) is 90.0 Å². The Kier molecular flexibility index (Phi) is 25.0. The first-order valence-corrected chi connectivity index (χ1v) is 49.8. The third kappa shape index (κ3) is 18.7. The number of H-pyrrole nitrogens is 3. The summed E-state index contributed by atoms with van der Waals surface area (Å²) < 4.78 is 73.6. The summed E-state index contributed by atoms with van der Waals surface area (Å²) in [4.78, 5) is 103. The van der Waals surface area contributed by atoms with Crippen molar-refractivity contribution in [1.29, 1.82) is 0 Å². The molecule has 0 unspecified atom stereocenters. The smallest absolute Gasteiger partial charge is 0.269 e. The van der Waals surface area contributed by atoms with Crippen LogP contribution in [0.4, 0.5) is 27.1 Å². The van der Waals surface area contributed by atoms with Crippen LogP contribution < -0.4 is 68.6 Å². The summed E-state index contributed by atoms with van der Waals surface area (Å²) >= 11 is 0. The molecule has 5 aliphatic carbocycles. The molecule has 146 heavy (non-hydrogen) atoms. The van der Waals surface area contributed by atoms with Crippen LogP contribution in [0.3, 0.4) is 0 Å². The summed E-state index contributed by atoms with van der Waals surface area (Å²) in [5, 5.41) is 26.6. The van der Waals surface area contributed by atoms with Crippen molar-refractivity contribution in [2.24, 2.45) is 0 Å². The molecule has 29 nitrogen and oxygen atoms in total. The highest BCUT2D eigenvalue weighted by Gasteiger charge is 2.56. The fourth-order valence-electron chi connectivity index (χ4n) is 20.5. The molecule has 8 N–H and O–H groups in total. The molecule has 0 bridgehead atoms. The number of benzene rings is 10. The highest BCUT2D eigenvalue weighted by atomic mass is 19.1. The number of nitrogens with one attached hydrogen (secondary N) is 7. The largest absolute Gasteiger partial charge is 0.454 e. The zero-order valence-corrected chi connectivity index (χ0v) is 83.6. The first-order valence-electron chi connectivity index (χ1n) is 49.8. The van der Waals surface area contributed by atoms with Crippen LogP contribution in [0.5, 0.6) is 57.5 Å². The molecule has 10 heterocycles. The lowest BCUT2D eigenvalue weighted by molar-refractivity contribution is -0.129. The number of ketones is 1. The van der Waals surface area contributed by atoms with Gasteiger partial charge in [-0.05, 0) is 278 Å². The van der Waals surface area contributed by atoms with Gasteiger partial charge in [0, 0.05) is 152 Å². The SMILES string of the molecule is CC(C)(C)c1cc2cc(NC(=O)C3(c4ccc5c(c4)OCO5)CC3)c(F)cc2n1CCCO.CCc1cc2cc[nH]c2cc1NC(=O)C1(c2ccc3c(c2)OCO3)CC1.CN(C)C(=O)Cn1c(C(C)(C)C)cc2cc(NC(=O)C3(c4ccc5c(c4)OCO5)CC3)ccc21.CN(C)C(=O)c1cc2cc(NC(=O)C3(c4ccc5c(c4)OCO5)CC3)ccc2[nH]1.O=C(Cc1ccc2cc[nH]c2c1)C1(c2ccc3c(c2)OCO3)CC1.[HH].[HH].[HH].[HH].[HH].[HH]. The molecule has 15 aromatic rings. The molecule has 5 aromatic heterocycles. The Morgan fingerprint density at radius 2 is 0.815 bits per heavy atom. The van der Waals surface area contributed by atoms with Gasteiger partial charge in [-0.2, -0.15) is 0 Å². The Bertz CT molecular complexity index is 7770. The molecule has 10 aromatic carbocycles. The number of anilines is 4. The number of hydrogen-bond acceptors (Lipinski definition) is 18. The van der Waals surface area contributed by atoms with E-state index in [0.717, 1.165) is 197 Å².